The number of rotatable bonds is 6. The molecule has 0 fully saturated rings. The van der Waals surface area contributed by atoms with Crippen LogP contribution in [-0.2, 0) is 11.2 Å². The van der Waals surface area contributed by atoms with Gasteiger partial charge in [-0.2, -0.15) is 0 Å². The van der Waals surface area contributed by atoms with E-state index in [2.05, 4.69) is 15.5 Å². The Kier molecular flexibility index (Phi) is 5.75. The smallest absolute Gasteiger partial charge is 0.234 e. The number of carbonyl (C=O) groups excluding carboxylic acids is 1. The SMILES string of the molecule is Cc1ccc(NC(=O)CSc2nnc(Cc3ccccc3F)n2N)cc1C. The summed E-state index contributed by atoms with van der Waals surface area (Å²) in [5.74, 6) is 6.08. The molecule has 0 atom stereocenters. The van der Waals surface area contributed by atoms with Crippen LogP contribution in [0.15, 0.2) is 47.6 Å². The van der Waals surface area contributed by atoms with Gasteiger partial charge in [-0.3, -0.25) is 4.79 Å². The van der Waals surface area contributed by atoms with Crippen LogP contribution in [-0.4, -0.2) is 26.5 Å². The van der Waals surface area contributed by atoms with Gasteiger partial charge >= 0.3 is 0 Å². The van der Waals surface area contributed by atoms with Crippen LogP contribution in [0.5, 0.6) is 0 Å². The number of anilines is 1. The summed E-state index contributed by atoms with van der Waals surface area (Å²) in [6.45, 7) is 4.01. The molecule has 1 aromatic heterocycles. The molecule has 1 amide bonds. The third kappa shape index (κ3) is 4.65. The number of nitrogens with one attached hydrogen (secondary N) is 1. The Morgan fingerprint density at radius 1 is 1.19 bits per heavy atom. The molecule has 0 aliphatic heterocycles. The number of aromatic nitrogens is 3. The van der Waals surface area contributed by atoms with Gasteiger partial charge in [0.25, 0.3) is 0 Å². The van der Waals surface area contributed by atoms with E-state index in [1.54, 1.807) is 18.2 Å². The van der Waals surface area contributed by atoms with Gasteiger partial charge in [0.15, 0.2) is 5.82 Å². The molecule has 2 aromatic carbocycles. The number of aryl methyl sites for hydroxylation is 2. The summed E-state index contributed by atoms with van der Waals surface area (Å²) in [5, 5.41) is 11.2. The summed E-state index contributed by atoms with van der Waals surface area (Å²) in [4.78, 5) is 12.2. The Morgan fingerprint density at radius 2 is 1.96 bits per heavy atom. The normalized spacial score (nSPS) is 10.8. The highest BCUT2D eigenvalue weighted by Crippen LogP contribution is 2.19. The largest absolute Gasteiger partial charge is 0.336 e. The topological polar surface area (TPSA) is 85.8 Å². The number of nitrogen functional groups attached to an aromatic ring is 1. The number of hydrogen-bond donors (Lipinski definition) is 2. The number of amides is 1. The minimum absolute atomic E-state index is 0.141. The van der Waals surface area contributed by atoms with E-state index in [1.807, 2.05) is 32.0 Å². The number of hydrogen-bond acceptors (Lipinski definition) is 5. The average molecular weight is 385 g/mol. The van der Waals surface area contributed by atoms with Crippen molar-refractivity contribution < 1.29 is 9.18 Å². The Balaban J connectivity index is 1.60. The van der Waals surface area contributed by atoms with E-state index in [1.165, 1.54) is 28.1 Å². The number of thioether (sulfide) groups is 1. The zero-order valence-corrected chi connectivity index (χ0v) is 15.9. The van der Waals surface area contributed by atoms with Crippen LogP contribution >= 0.6 is 11.8 Å². The number of halogens is 1. The van der Waals surface area contributed by atoms with Gasteiger partial charge in [0, 0.05) is 12.1 Å². The molecule has 0 aliphatic rings. The van der Waals surface area contributed by atoms with Crippen molar-refractivity contribution in [1.29, 1.82) is 0 Å². The summed E-state index contributed by atoms with van der Waals surface area (Å²) in [6, 6.07) is 12.2. The molecular formula is C19H20FN5OS. The molecule has 6 nitrogen and oxygen atoms in total. The van der Waals surface area contributed by atoms with Gasteiger partial charge in [-0.1, -0.05) is 36.0 Å². The minimum Gasteiger partial charge on any atom is -0.336 e. The number of carbonyl (C=O) groups is 1. The second-order valence-corrected chi connectivity index (χ2v) is 7.12. The fraction of sp³-hybridized carbons (Fsp3) is 0.211. The molecular weight excluding hydrogens is 365 g/mol. The van der Waals surface area contributed by atoms with Crippen molar-refractivity contribution in [2.45, 2.75) is 25.4 Å². The quantitative estimate of drug-likeness (QED) is 0.503. The Hall–Kier alpha value is -2.87. The van der Waals surface area contributed by atoms with Gasteiger partial charge in [-0.25, -0.2) is 9.07 Å². The van der Waals surface area contributed by atoms with E-state index >= 15 is 0 Å². The van der Waals surface area contributed by atoms with Gasteiger partial charge in [-0.05, 0) is 48.7 Å². The predicted octanol–water partition coefficient (Wildman–Crippen LogP) is 3.07. The zero-order chi connectivity index (χ0) is 19.4. The fourth-order valence-electron chi connectivity index (χ4n) is 2.48. The number of nitrogens with two attached hydrogens (primary N) is 1. The lowest BCUT2D eigenvalue weighted by molar-refractivity contribution is -0.113. The van der Waals surface area contributed by atoms with Gasteiger partial charge in [0.2, 0.25) is 11.1 Å². The Labute approximate surface area is 161 Å². The van der Waals surface area contributed by atoms with Crippen molar-refractivity contribution in [3.63, 3.8) is 0 Å². The molecule has 0 saturated carbocycles. The van der Waals surface area contributed by atoms with Gasteiger partial charge < -0.3 is 11.2 Å². The molecule has 0 aliphatic carbocycles. The molecule has 3 N–H and O–H groups in total. The molecule has 8 heteroatoms. The zero-order valence-electron chi connectivity index (χ0n) is 15.1. The standard InChI is InChI=1S/C19H20FN5OS/c1-12-7-8-15(9-13(12)2)22-18(26)11-27-19-24-23-17(25(19)21)10-14-5-3-4-6-16(14)20/h3-9H,10-11,21H2,1-2H3,(H,22,26). The van der Waals surface area contributed by atoms with E-state index in [4.69, 9.17) is 5.84 Å². The van der Waals surface area contributed by atoms with E-state index in [9.17, 15) is 9.18 Å². The molecule has 27 heavy (non-hydrogen) atoms. The lowest BCUT2D eigenvalue weighted by Crippen LogP contribution is -2.17. The molecule has 1 heterocycles. The Morgan fingerprint density at radius 3 is 2.70 bits per heavy atom. The summed E-state index contributed by atoms with van der Waals surface area (Å²) in [5.41, 5.74) is 3.51. The highest BCUT2D eigenvalue weighted by Gasteiger charge is 2.14. The van der Waals surface area contributed by atoms with Gasteiger partial charge in [-0.15, -0.1) is 10.2 Å². The average Bonchev–Trinajstić information content (AvgIpc) is 2.98. The molecule has 0 bridgehead atoms. The first kappa shape index (κ1) is 18.9. The molecule has 140 valence electrons. The van der Waals surface area contributed by atoms with Crippen molar-refractivity contribution in [3.8, 4) is 0 Å². The van der Waals surface area contributed by atoms with Gasteiger partial charge in [0.1, 0.15) is 5.82 Å². The molecule has 3 rings (SSSR count). The fourth-order valence-corrected chi connectivity index (χ4v) is 3.16. The lowest BCUT2D eigenvalue weighted by Gasteiger charge is -2.08. The minimum atomic E-state index is -0.317. The van der Waals surface area contributed by atoms with E-state index in [0.29, 0.717) is 16.5 Å². The summed E-state index contributed by atoms with van der Waals surface area (Å²) in [7, 11) is 0. The first-order chi connectivity index (χ1) is 12.9. The Bertz CT molecular complexity index is 972. The van der Waals surface area contributed by atoms with E-state index in [-0.39, 0.29) is 23.9 Å². The van der Waals surface area contributed by atoms with Crippen molar-refractivity contribution >= 4 is 23.4 Å². The van der Waals surface area contributed by atoms with Crippen LogP contribution in [0, 0.1) is 19.7 Å². The van der Waals surface area contributed by atoms with Crippen LogP contribution in [0.3, 0.4) is 0 Å². The molecule has 3 aromatic rings. The van der Waals surface area contributed by atoms with Crippen molar-refractivity contribution in [2.24, 2.45) is 0 Å². The third-order valence-electron chi connectivity index (χ3n) is 4.16. The van der Waals surface area contributed by atoms with Gasteiger partial charge in [0.05, 0.1) is 5.75 Å². The monoisotopic (exact) mass is 385 g/mol. The third-order valence-corrected chi connectivity index (χ3v) is 5.11. The second-order valence-electron chi connectivity index (χ2n) is 6.17. The number of nitrogens with zero attached hydrogens (tertiary/aromatic N) is 3. The maximum absolute atomic E-state index is 13.8. The molecule has 0 spiro atoms. The maximum Gasteiger partial charge on any atom is 0.234 e. The number of benzene rings is 2. The van der Waals surface area contributed by atoms with Crippen molar-refractivity contribution in [1.82, 2.24) is 14.9 Å². The highest BCUT2D eigenvalue weighted by molar-refractivity contribution is 7.99. The highest BCUT2D eigenvalue weighted by atomic mass is 32.2. The van der Waals surface area contributed by atoms with Crippen LogP contribution in [0.25, 0.3) is 0 Å². The lowest BCUT2D eigenvalue weighted by atomic mass is 10.1. The van der Waals surface area contributed by atoms with Crippen molar-refractivity contribution in [3.05, 3.63) is 70.8 Å². The van der Waals surface area contributed by atoms with Crippen molar-refractivity contribution in [2.75, 3.05) is 16.9 Å². The molecule has 0 radical (unpaired) electrons. The summed E-state index contributed by atoms with van der Waals surface area (Å²) >= 11 is 1.18. The second kappa shape index (κ2) is 8.22. The molecule has 0 saturated heterocycles. The predicted molar refractivity (Wildman–Crippen MR) is 105 cm³/mol. The maximum atomic E-state index is 13.8. The summed E-state index contributed by atoms with van der Waals surface area (Å²) in [6.07, 6.45) is 0.228. The van der Waals surface area contributed by atoms with Crippen LogP contribution in [0.4, 0.5) is 10.1 Å². The van der Waals surface area contributed by atoms with E-state index < -0.39 is 0 Å². The first-order valence-electron chi connectivity index (χ1n) is 8.36. The van der Waals surface area contributed by atoms with Crippen LogP contribution < -0.4 is 11.2 Å². The van der Waals surface area contributed by atoms with E-state index in [0.717, 1.165) is 11.3 Å². The summed E-state index contributed by atoms with van der Waals surface area (Å²) < 4.78 is 15.1. The van der Waals surface area contributed by atoms with Crippen LogP contribution in [0.1, 0.15) is 22.5 Å². The first-order valence-corrected chi connectivity index (χ1v) is 9.35. The molecule has 0 unspecified atom stereocenters. The van der Waals surface area contributed by atoms with Crippen LogP contribution in [0.2, 0.25) is 0 Å².